The molecular weight excluding hydrogens is 234 g/mol. The minimum Gasteiger partial charge on any atom is -0.480 e. The van der Waals surface area contributed by atoms with Crippen molar-refractivity contribution in [1.82, 2.24) is 0 Å². The van der Waals surface area contributed by atoms with Gasteiger partial charge in [0.2, 0.25) is 0 Å². The molecular formula is C13H19NO2S. The third-order valence-electron chi connectivity index (χ3n) is 2.77. The second-order valence-corrected chi connectivity index (χ2v) is 5.56. The van der Waals surface area contributed by atoms with Gasteiger partial charge in [0.25, 0.3) is 0 Å². The van der Waals surface area contributed by atoms with Crippen LogP contribution in [0.25, 0.3) is 0 Å². The third kappa shape index (κ3) is 4.40. The van der Waals surface area contributed by atoms with E-state index in [4.69, 9.17) is 10.8 Å². The van der Waals surface area contributed by atoms with Crippen molar-refractivity contribution in [2.45, 2.75) is 31.6 Å². The van der Waals surface area contributed by atoms with Gasteiger partial charge in [0.1, 0.15) is 5.54 Å². The lowest BCUT2D eigenvalue weighted by molar-refractivity contribution is -0.142. The van der Waals surface area contributed by atoms with Gasteiger partial charge in [-0.05, 0) is 37.1 Å². The number of aliphatic carboxylic acids is 1. The zero-order chi connectivity index (χ0) is 12.9. The number of hydrogen-bond donors (Lipinski definition) is 2. The lowest BCUT2D eigenvalue weighted by atomic mass is 10.0. The number of rotatable bonds is 6. The van der Waals surface area contributed by atoms with E-state index in [-0.39, 0.29) is 0 Å². The monoisotopic (exact) mass is 253 g/mol. The average Bonchev–Trinajstić information content (AvgIpc) is 2.26. The molecule has 1 atom stereocenters. The molecule has 0 spiro atoms. The SMILES string of the molecule is Cc1ccccc1CSCCC(C)(N)C(=O)O. The maximum absolute atomic E-state index is 10.8. The topological polar surface area (TPSA) is 63.3 Å². The summed E-state index contributed by atoms with van der Waals surface area (Å²) in [6.07, 6.45) is 0.485. The van der Waals surface area contributed by atoms with Crippen LogP contribution in [0.5, 0.6) is 0 Å². The van der Waals surface area contributed by atoms with E-state index in [1.54, 1.807) is 18.7 Å². The van der Waals surface area contributed by atoms with Crippen molar-refractivity contribution < 1.29 is 9.90 Å². The molecule has 0 radical (unpaired) electrons. The van der Waals surface area contributed by atoms with Gasteiger partial charge in [-0.1, -0.05) is 24.3 Å². The van der Waals surface area contributed by atoms with Crippen molar-refractivity contribution >= 4 is 17.7 Å². The summed E-state index contributed by atoms with van der Waals surface area (Å²) in [6, 6.07) is 8.22. The van der Waals surface area contributed by atoms with Gasteiger partial charge in [0.05, 0.1) is 0 Å². The summed E-state index contributed by atoms with van der Waals surface area (Å²) in [5.74, 6) is 0.727. The lowest BCUT2D eigenvalue weighted by Crippen LogP contribution is -2.45. The van der Waals surface area contributed by atoms with E-state index in [2.05, 4.69) is 19.1 Å². The highest BCUT2D eigenvalue weighted by molar-refractivity contribution is 7.98. The van der Waals surface area contributed by atoms with E-state index >= 15 is 0 Å². The minimum atomic E-state index is -1.11. The molecule has 0 fully saturated rings. The number of carbonyl (C=O) groups is 1. The normalized spacial score (nSPS) is 14.3. The largest absolute Gasteiger partial charge is 0.480 e. The molecule has 1 unspecified atom stereocenters. The molecule has 1 aromatic carbocycles. The van der Waals surface area contributed by atoms with Gasteiger partial charge in [-0.2, -0.15) is 11.8 Å². The van der Waals surface area contributed by atoms with Crippen LogP contribution in [0.2, 0.25) is 0 Å². The number of thioether (sulfide) groups is 1. The first kappa shape index (κ1) is 14.1. The minimum absolute atomic E-state index is 0.485. The van der Waals surface area contributed by atoms with Gasteiger partial charge in [-0.15, -0.1) is 0 Å². The zero-order valence-electron chi connectivity index (χ0n) is 10.3. The first-order chi connectivity index (χ1) is 7.93. The molecule has 1 aromatic rings. The molecule has 0 saturated carbocycles. The quantitative estimate of drug-likeness (QED) is 0.764. The maximum Gasteiger partial charge on any atom is 0.323 e. The van der Waals surface area contributed by atoms with E-state index < -0.39 is 11.5 Å². The first-order valence-corrected chi connectivity index (χ1v) is 6.73. The molecule has 3 nitrogen and oxygen atoms in total. The van der Waals surface area contributed by atoms with Crippen LogP contribution in [0.1, 0.15) is 24.5 Å². The highest BCUT2D eigenvalue weighted by Crippen LogP contribution is 2.18. The van der Waals surface area contributed by atoms with Crippen LogP contribution in [-0.2, 0) is 10.5 Å². The summed E-state index contributed by atoms with van der Waals surface area (Å²) in [7, 11) is 0. The first-order valence-electron chi connectivity index (χ1n) is 5.58. The van der Waals surface area contributed by atoms with Crippen LogP contribution in [-0.4, -0.2) is 22.4 Å². The van der Waals surface area contributed by atoms with Crippen molar-refractivity contribution in [2.24, 2.45) is 5.73 Å². The molecule has 3 N–H and O–H groups in total. The van der Waals surface area contributed by atoms with Crippen molar-refractivity contribution in [3.8, 4) is 0 Å². The molecule has 1 rings (SSSR count). The molecule has 17 heavy (non-hydrogen) atoms. The summed E-state index contributed by atoms with van der Waals surface area (Å²) >= 11 is 1.72. The summed E-state index contributed by atoms with van der Waals surface area (Å²) < 4.78 is 0. The van der Waals surface area contributed by atoms with Crippen molar-refractivity contribution in [2.75, 3.05) is 5.75 Å². The number of carboxylic acid groups (broad SMARTS) is 1. The molecule has 0 saturated heterocycles. The second-order valence-electron chi connectivity index (χ2n) is 4.45. The summed E-state index contributed by atoms with van der Waals surface area (Å²) in [6.45, 7) is 3.64. The van der Waals surface area contributed by atoms with Gasteiger partial charge >= 0.3 is 5.97 Å². The Hall–Kier alpha value is -1.00. The molecule has 0 aromatic heterocycles. The fourth-order valence-corrected chi connectivity index (χ4v) is 2.60. The van der Waals surface area contributed by atoms with Crippen LogP contribution in [0, 0.1) is 6.92 Å². The average molecular weight is 253 g/mol. The fraction of sp³-hybridized carbons (Fsp3) is 0.462. The Morgan fingerprint density at radius 3 is 2.71 bits per heavy atom. The summed E-state index contributed by atoms with van der Waals surface area (Å²) in [4.78, 5) is 10.8. The molecule has 0 bridgehead atoms. The smallest absolute Gasteiger partial charge is 0.323 e. The van der Waals surface area contributed by atoms with E-state index in [1.165, 1.54) is 11.1 Å². The van der Waals surface area contributed by atoms with E-state index in [0.29, 0.717) is 6.42 Å². The Labute approximate surface area is 106 Å². The van der Waals surface area contributed by atoms with Crippen LogP contribution in [0.4, 0.5) is 0 Å². The second kappa shape index (κ2) is 6.07. The van der Waals surface area contributed by atoms with Gasteiger partial charge in [0.15, 0.2) is 0 Å². The molecule has 0 aliphatic heterocycles. The summed E-state index contributed by atoms with van der Waals surface area (Å²) in [5.41, 5.74) is 7.11. The van der Waals surface area contributed by atoms with E-state index in [0.717, 1.165) is 11.5 Å². The van der Waals surface area contributed by atoms with Gasteiger partial charge < -0.3 is 10.8 Å². The Bertz CT molecular complexity index is 391. The van der Waals surface area contributed by atoms with Crippen molar-refractivity contribution in [3.05, 3.63) is 35.4 Å². The van der Waals surface area contributed by atoms with E-state index in [1.807, 2.05) is 12.1 Å². The Kier molecular flexibility index (Phi) is 5.02. The Morgan fingerprint density at radius 2 is 2.12 bits per heavy atom. The van der Waals surface area contributed by atoms with Crippen LogP contribution in [0.15, 0.2) is 24.3 Å². The molecule has 4 heteroatoms. The lowest BCUT2D eigenvalue weighted by Gasteiger charge is -2.18. The Balaban J connectivity index is 2.35. The predicted molar refractivity (Wildman–Crippen MR) is 72.2 cm³/mol. The Morgan fingerprint density at radius 1 is 1.47 bits per heavy atom. The highest BCUT2D eigenvalue weighted by Gasteiger charge is 2.26. The number of carboxylic acids is 1. The van der Waals surface area contributed by atoms with Crippen LogP contribution in [0.3, 0.4) is 0 Å². The molecule has 0 heterocycles. The molecule has 0 aliphatic rings. The maximum atomic E-state index is 10.8. The summed E-state index contributed by atoms with van der Waals surface area (Å²) in [5, 5.41) is 8.87. The van der Waals surface area contributed by atoms with Crippen LogP contribution >= 0.6 is 11.8 Å². The van der Waals surface area contributed by atoms with Gasteiger partial charge in [0, 0.05) is 5.75 Å². The number of aryl methyl sites for hydroxylation is 1. The predicted octanol–water partition coefficient (Wildman–Crippen LogP) is 2.42. The van der Waals surface area contributed by atoms with Crippen molar-refractivity contribution in [1.29, 1.82) is 0 Å². The zero-order valence-corrected chi connectivity index (χ0v) is 11.1. The van der Waals surface area contributed by atoms with E-state index in [9.17, 15) is 4.79 Å². The molecule has 0 amide bonds. The van der Waals surface area contributed by atoms with Gasteiger partial charge in [-0.3, -0.25) is 4.79 Å². The molecule has 94 valence electrons. The highest BCUT2D eigenvalue weighted by atomic mass is 32.2. The van der Waals surface area contributed by atoms with Gasteiger partial charge in [-0.25, -0.2) is 0 Å². The number of benzene rings is 1. The van der Waals surface area contributed by atoms with Crippen LogP contribution < -0.4 is 5.73 Å². The number of nitrogens with two attached hydrogens (primary N) is 1. The number of hydrogen-bond acceptors (Lipinski definition) is 3. The molecule has 0 aliphatic carbocycles. The van der Waals surface area contributed by atoms with Crippen molar-refractivity contribution in [3.63, 3.8) is 0 Å². The fourth-order valence-electron chi connectivity index (χ4n) is 1.35. The standard InChI is InChI=1S/C13H19NO2S/c1-10-5-3-4-6-11(10)9-17-8-7-13(2,14)12(15)16/h3-6H,7-9,14H2,1-2H3,(H,15,16). The third-order valence-corrected chi connectivity index (χ3v) is 3.78.